The van der Waals surface area contributed by atoms with Crippen LogP contribution in [-0.4, -0.2) is 11.8 Å². The predicted octanol–water partition coefficient (Wildman–Crippen LogP) is 4.10. The number of halogens is 1. The molecule has 0 aliphatic carbocycles. The fourth-order valence-corrected chi connectivity index (χ4v) is 2.73. The lowest BCUT2D eigenvalue weighted by Crippen LogP contribution is -2.43. The third-order valence-electron chi connectivity index (χ3n) is 3.93. The molecule has 2 aromatic carbocycles. The molecular weight excluding hydrogens is 336 g/mol. The van der Waals surface area contributed by atoms with Crippen LogP contribution in [0.2, 0.25) is 5.02 Å². The number of benzene rings is 2. The Hall–Kier alpha value is -2.33. The molecule has 0 spiro atoms. The number of carbonyl (C=O) groups excluding carboxylic acids is 2. The molecule has 0 heterocycles. The van der Waals surface area contributed by atoms with Crippen LogP contribution in [0.15, 0.2) is 48.5 Å². The molecule has 0 saturated heterocycles. The van der Waals surface area contributed by atoms with Crippen LogP contribution in [0.5, 0.6) is 0 Å². The summed E-state index contributed by atoms with van der Waals surface area (Å²) in [5.41, 5.74) is 7.32. The van der Waals surface area contributed by atoms with Crippen LogP contribution >= 0.6 is 11.6 Å². The van der Waals surface area contributed by atoms with Gasteiger partial charge in [-0.15, -0.1) is 0 Å². The van der Waals surface area contributed by atoms with Gasteiger partial charge in [-0.2, -0.15) is 0 Å². The Kier molecular flexibility index (Phi) is 6.59. The highest BCUT2D eigenvalue weighted by Crippen LogP contribution is 2.18. The molecule has 2 amide bonds. The molecule has 132 valence electrons. The van der Waals surface area contributed by atoms with Gasteiger partial charge >= 0.3 is 0 Å². The van der Waals surface area contributed by atoms with E-state index in [9.17, 15) is 9.59 Å². The van der Waals surface area contributed by atoms with Crippen LogP contribution in [-0.2, 0) is 11.2 Å². The fraction of sp³-hybridized carbons (Fsp3) is 0.300. The SMILES string of the molecule is CC(C)Cc1ccc([C@H](C)C(=O)NNC(=O)c2ccccc2Cl)cc1. The molecular formula is C20H23ClN2O2. The molecule has 0 aromatic heterocycles. The Morgan fingerprint density at radius 1 is 0.960 bits per heavy atom. The second-order valence-electron chi connectivity index (χ2n) is 6.48. The summed E-state index contributed by atoms with van der Waals surface area (Å²) in [4.78, 5) is 24.3. The Balaban J connectivity index is 1.94. The summed E-state index contributed by atoms with van der Waals surface area (Å²) in [7, 11) is 0. The van der Waals surface area contributed by atoms with Gasteiger partial charge in [0.1, 0.15) is 0 Å². The summed E-state index contributed by atoms with van der Waals surface area (Å²) >= 11 is 5.97. The first-order valence-electron chi connectivity index (χ1n) is 8.32. The van der Waals surface area contributed by atoms with Crippen molar-refractivity contribution in [1.29, 1.82) is 0 Å². The highest BCUT2D eigenvalue weighted by molar-refractivity contribution is 6.33. The lowest BCUT2D eigenvalue weighted by Gasteiger charge is -2.14. The zero-order chi connectivity index (χ0) is 18.4. The zero-order valence-corrected chi connectivity index (χ0v) is 15.4. The van der Waals surface area contributed by atoms with E-state index in [2.05, 4.69) is 24.7 Å². The van der Waals surface area contributed by atoms with Crippen LogP contribution in [0.1, 0.15) is 48.2 Å². The van der Waals surface area contributed by atoms with E-state index in [1.165, 1.54) is 5.56 Å². The van der Waals surface area contributed by atoms with E-state index in [4.69, 9.17) is 11.6 Å². The van der Waals surface area contributed by atoms with Gasteiger partial charge in [-0.05, 0) is 42.5 Å². The summed E-state index contributed by atoms with van der Waals surface area (Å²) < 4.78 is 0. The first kappa shape index (κ1) is 19.0. The molecule has 0 aliphatic heterocycles. The van der Waals surface area contributed by atoms with Crippen molar-refractivity contribution in [1.82, 2.24) is 10.9 Å². The molecule has 25 heavy (non-hydrogen) atoms. The van der Waals surface area contributed by atoms with Crippen molar-refractivity contribution in [2.75, 3.05) is 0 Å². The lowest BCUT2D eigenvalue weighted by atomic mass is 9.96. The summed E-state index contributed by atoms with van der Waals surface area (Å²) in [5.74, 6) is -0.512. The normalized spacial score (nSPS) is 11.9. The van der Waals surface area contributed by atoms with Gasteiger partial charge in [0, 0.05) is 0 Å². The minimum absolute atomic E-state index is 0.281. The van der Waals surface area contributed by atoms with Gasteiger partial charge in [0.15, 0.2) is 0 Å². The van der Waals surface area contributed by atoms with Crippen molar-refractivity contribution in [2.24, 2.45) is 5.92 Å². The molecule has 0 aliphatic rings. The topological polar surface area (TPSA) is 58.2 Å². The maximum Gasteiger partial charge on any atom is 0.271 e. The molecule has 1 atom stereocenters. The molecule has 0 radical (unpaired) electrons. The number of amides is 2. The summed E-state index contributed by atoms with van der Waals surface area (Å²) in [6.45, 7) is 6.14. The smallest absolute Gasteiger partial charge is 0.271 e. The van der Waals surface area contributed by atoms with Crippen LogP contribution in [0.4, 0.5) is 0 Å². The number of hydrogen-bond acceptors (Lipinski definition) is 2. The van der Waals surface area contributed by atoms with E-state index in [1.807, 2.05) is 24.3 Å². The molecule has 2 aromatic rings. The maximum absolute atomic E-state index is 12.3. The zero-order valence-electron chi connectivity index (χ0n) is 14.7. The van der Waals surface area contributed by atoms with E-state index < -0.39 is 5.91 Å². The summed E-state index contributed by atoms with van der Waals surface area (Å²) in [6.07, 6.45) is 1.01. The fourth-order valence-electron chi connectivity index (χ4n) is 2.50. The highest BCUT2D eigenvalue weighted by Gasteiger charge is 2.17. The van der Waals surface area contributed by atoms with Crippen molar-refractivity contribution in [3.8, 4) is 0 Å². The van der Waals surface area contributed by atoms with Crippen molar-refractivity contribution in [3.05, 3.63) is 70.2 Å². The summed E-state index contributed by atoms with van der Waals surface area (Å²) in [6, 6.07) is 14.7. The first-order valence-corrected chi connectivity index (χ1v) is 8.70. The number of carbonyl (C=O) groups is 2. The first-order chi connectivity index (χ1) is 11.9. The molecule has 4 nitrogen and oxygen atoms in total. The van der Waals surface area contributed by atoms with E-state index in [-0.39, 0.29) is 11.8 Å². The van der Waals surface area contributed by atoms with Crippen molar-refractivity contribution < 1.29 is 9.59 Å². The molecule has 2 rings (SSSR count). The quantitative estimate of drug-likeness (QED) is 0.790. The average Bonchev–Trinajstić information content (AvgIpc) is 2.59. The third-order valence-corrected chi connectivity index (χ3v) is 4.26. The van der Waals surface area contributed by atoms with Crippen molar-refractivity contribution >= 4 is 23.4 Å². The van der Waals surface area contributed by atoms with Crippen molar-refractivity contribution in [3.63, 3.8) is 0 Å². The maximum atomic E-state index is 12.3. The summed E-state index contributed by atoms with van der Waals surface area (Å²) in [5, 5.41) is 0.336. The van der Waals surface area contributed by atoms with Crippen LogP contribution < -0.4 is 10.9 Å². The second kappa shape index (κ2) is 8.67. The molecule has 2 N–H and O–H groups in total. The number of rotatable bonds is 5. The van der Waals surface area contributed by atoms with E-state index >= 15 is 0 Å². The van der Waals surface area contributed by atoms with Gasteiger partial charge in [0.25, 0.3) is 5.91 Å². The molecule has 0 bridgehead atoms. The number of hydrazine groups is 1. The molecule has 0 unspecified atom stereocenters. The Bertz CT molecular complexity index is 742. The van der Waals surface area contributed by atoms with Gasteiger partial charge in [0.05, 0.1) is 16.5 Å². The largest absolute Gasteiger partial charge is 0.273 e. The van der Waals surface area contributed by atoms with E-state index in [0.717, 1.165) is 12.0 Å². The number of hydrogen-bond donors (Lipinski definition) is 2. The van der Waals surface area contributed by atoms with Crippen LogP contribution in [0, 0.1) is 5.92 Å². The predicted molar refractivity (Wildman–Crippen MR) is 100 cm³/mol. The molecule has 5 heteroatoms. The number of nitrogens with one attached hydrogen (secondary N) is 2. The van der Waals surface area contributed by atoms with Gasteiger partial charge in [-0.25, -0.2) is 0 Å². The monoisotopic (exact) mass is 358 g/mol. The standard InChI is InChI=1S/C20H23ClN2O2/c1-13(2)12-15-8-10-16(11-9-15)14(3)19(24)22-23-20(25)17-6-4-5-7-18(17)21/h4-11,13-14H,12H2,1-3H3,(H,22,24)(H,23,25)/t14-/m0/s1. The van der Waals surface area contributed by atoms with Gasteiger partial charge in [-0.3, -0.25) is 20.4 Å². The minimum atomic E-state index is -0.446. The van der Waals surface area contributed by atoms with E-state index in [1.54, 1.807) is 31.2 Å². The lowest BCUT2D eigenvalue weighted by molar-refractivity contribution is -0.123. The van der Waals surface area contributed by atoms with Crippen LogP contribution in [0.25, 0.3) is 0 Å². The minimum Gasteiger partial charge on any atom is -0.273 e. The Labute approximate surface area is 153 Å². The van der Waals surface area contributed by atoms with Crippen molar-refractivity contribution in [2.45, 2.75) is 33.1 Å². The third kappa shape index (κ3) is 5.33. The van der Waals surface area contributed by atoms with Gasteiger partial charge in [0.2, 0.25) is 5.91 Å². The molecule has 0 fully saturated rings. The second-order valence-corrected chi connectivity index (χ2v) is 6.89. The highest BCUT2D eigenvalue weighted by atomic mass is 35.5. The van der Waals surface area contributed by atoms with E-state index in [0.29, 0.717) is 16.5 Å². The van der Waals surface area contributed by atoms with Gasteiger partial charge in [-0.1, -0.05) is 61.8 Å². The van der Waals surface area contributed by atoms with Gasteiger partial charge < -0.3 is 0 Å². The Morgan fingerprint density at radius 2 is 1.60 bits per heavy atom. The van der Waals surface area contributed by atoms with Crippen LogP contribution in [0.3, 0.4) is 0 Å². The molecule has 0 saturated carbocycles. The average molecular weight is 359 g/mol. The Morgan fingerprint density at radius 3 is 2.20 bits per heavy atom.